The molecule has 2 heterocycles. The highest BCUT2D eigenvalue weighted by atomic mass is 35.5. The lowest BCUT2D eigenvalue weighted by Gasteiger charge is -2.34. The van der Waals surface area contributed by atoms with Crippen molar-refractivity contribution < 1.29 is 18.7 Å². The van der Waals surface area contributed by atoms with Gasteiger partial charge in [0.2, 0.25) is 0 Å². The van der Waals surface area contributed by atoms with Crippen molar-refractivity contribution in [1.82, 2.24) is 9.80 Å². The maximum absolute atomic E-state index is 12.8. The van der Waals surface area contributed by atoms with Crippen LogP contribution >= 0.6 is 11.6 Å². The van der Waals surface area contributed by atoms with Gasteiger partial charge in [0, 0.05) is 43.8 Å². The molecule has 0 saturated carbocycles. The zero-order valence-electron chi connectivity index (χ0n) is 17.4. The van der Waals surface area contributed by atoms with Crippen molar-refractivity contribution in [2.45, 2.75) is 13.2 Å². The van der Waals surface area contributed by atoms with Gasteiger partial charge in [0.25, 0.3) is 5.91 Å². The van der Waals surface area contributed by atoms with Gasteiger partial charge in [0.15, 0.2) is 5.76 Å². The van der Waals surface area contributed by atoms with E-state index < -0.39 is 0 Å². The van der Waals surface area contributed by atoms with Gasteiger partial charge in [0.05, 0.1) is 7.11 Å². The lowest BCUT2D eigenvalue weighted by Crippen LogP contribution is -2.48. The number of hydrogen-bond donors (Lipinski definition) is 0. The number of nitrogens with zero attached hydrogens (tertiary/aromatic N) is 2. The average Bonchev–Trinajstić information content (AvgIpc) is 3.28. The second-order valence-corrected chi connectivity index (χ2v) is 7.80. The first-order valence-electron chi connectivity index (χ1n) is 10.2. The number of benzene rings is 2. The van der Waals surface area contributed by atoms with E-state index in [0.717, 1.165) is 36.0 Å². The summed E-state index contributed by atoms with van der Waals surface area (Å²) in [5.74, 6) is 2.25. The third-order valence-corrected chi connectivity index (χ3v) is 5.67. The van der Waals surface area contributed by atoms with E-state index in [-0.39, 0.29) is 12.5 Å². The Morgan fingerprint density at radius 1 is 1.00 bits per heavy atom. The molecule has 1 saturated heterocycles. The summed E-state index contributed by atoms with van der Waals surface area (Å²) in [6.45, 7) is 3.92. The van der Waals surface area contributed by atoms with Crippen molar-refractivity contribution in [2.24, 2.45) is 0 Å². The fourth-order valence-electron chi connectivity index (χ4n) is 3.55. The van der Waals surface area contributed by atoms with Crippen LogP contribution in [-0.2, 0) is 13.2 Å². The highest BCUT2D eigenvalue weighted by Gasteiger charge is 2.24. The molecule has 1 aliphatic rings. The minimum absolute atomic E-state index is 0.0926. The third kappa shape index (κ3) is 5.40. The van der Waals surface area contributed by atoms with E-state index in [1.54, 1.807) is 25.3 Å². The first-order chi connectivity index (χ1) is 15.1. The zero-order chi connectivity index (χ0) is 21.6. The van der Waals surface area contributed by atoms with Crippen molar-refractivity contribution in [1.29, 1.82) is 0 Å². The fourth-order valence-corrected chi connectivity index (χ4v) is 3.74. The summed E-state index contributed by atoms with van der Waals surface area (Å²) in [5, 5.41) is 0.778. The van der Waals surface area contributed by atoms with Crippen LogP contribution in [0.1, 0.15) is 21.9 Å². The Balaban J connectivity index is 1.28. The number of ether oxygens (including phenoxy) is 2. The van der Waals surface area contributed by atoms with E-state index in [1.807, 2.05) is 47.4 Å². The van der Waals surface area contributed by atoms with Crippen LogP contribution in [0.25, 0.3) is 0 Å². The van der Waals surface area contributed by atoms with Crippen LogP contribution in [0.2, 0.25) is 5.02 Å². The van der Waals surface area contributed by atoms with E-state index >= 15 is 0 Å². The molecule has 7 heteroatoms. The van der Waals surface area contributed by atoms with Crippen LogP contribution in [0.3, 0.4) is 0 Å². The molecule has 0 spiro atoms. The molecule has 0 unspecified atom stereocenters. The summed E-state index contributed by atoms with van der Waals surface area (Å²) in [7, 11) is 1.61. The van der Waals surface area contributed by atoms with Crippen molar-refractivity contribution >= 4 is 17.5 Å². The van der Waals surface area contributed by atoms with Gasteiger partial charge in [-0.25, -0.2) is 0 Å². The number of amides is 1. The normalized spacial score (nSPS) is 14.5. The SMILES string of the molecule is COc1cccc(OCc2ccc(C(=O)N3CCN(Cc4ccccc4Cl)CC3)o2)c1. The largest absolute Gasteiger partial charge is 0.497 e. The number of methoxy groups -OCH3 is 1. The molecule has 162 valence electrons. The number of piperazine rings is 1. The first kappa shape index (κ1) is 21.3. The number of rotatable bonds is 7. The molecule has 4 rings (SSSR count). The van der Waals surface area contributed by atoms with Gasteiger partial charge in [-0.05, 0) is 35.9 Å². The smallest absolute Gasteiger partial charge is 0.289 e. The maximum Gasteiger partial charge on any atom is 0.289 e. The predicted molar refractivity (Wildman–Crippen MR) is 119 cm³/mol. The first-order valence-corrected chi connectivity index (χ1v) is 10.6. The summed E-state index contributed by atoms with van der Waals surface area (Å²) < 4.78 is 16.7. The van der Waals surface area contributed by atoms with Gasteiger partial charge in [-0.15, -0.1) is 0 Å². The number of furan rings is 1. The van der Waals surface area contributed by atoms with E-state index in [4.69, 9.17) is 25.5 Å². The molecule has 0 radical (unpaired) electrons. The number of carbonyl (C=O) groups is 1. The lowest BCUT2D eigenvalue weighted by molar-refractivity contribution is 0.0594. The minimum atomic E-state index is -0.0926. The van der Waals surface area contributed by atoms with Crippen LogP contribution in [0.4, 0.5) is 0 Å². The maximum atomic E-state index is 12.8. The molecule has 0 bridgehead atoms. The van der Waals surface area contributed by atoms with Gasteiger partial charge in [-0.2, -0.15) is 0 Å². The van der Waals surface area contributed by atoms with E-state index in [0.29, 0.717) is 30.4 Å². The average molecular weight is 441 g/mol. The van der Waals surface area contributed by atoms with Gasteiger partial charge < -0.3 is 18.8 Å². The summed E-state index contributed by atoms with van der Waals surface area (Å²) in [4.78, 5) is 17.0. The Hall–Kier alpha value is -2.96. The topological polar surface area (TPSA) is 55.2 Å². The van der Waals surface area contributed by atoms with Crippen molar-refractivity contribution in [3.63, 3.8) is 0 Å². The fraction of sp³-hybridized carbons (Fsp3) is 0.292. The molecule has 0 atom stereocenters. The van der Waals surface area contributed by atoms with Gasteiger partial charge in [0.1, 0.15) is 23.9 Å². The molecule has 1 aromatic heterocycles. The van der Waals surface area contributed by atoms with Crippen molar-refractivity contribution in [3.8, 4) is 11.5 Å². The molecule has 0 N–H and O–H groups in total. The molecule has 1 amide bonds. The summed E-state index contributed by atoms with van der Waals surface area (Å²) >= 11 is 6.26. The summed E-state index contributed by atoms with van der Waals surface area (Å²) in [5.41, 5.74) is 1.11. The molecule has 6 nitrogen and oxygen atoms in total. The Bertz CT molecular complexity index is 1030. The zero-order valence-corrected chi connectivity index (χ0v) is 18.2. The van der Waals surface area contributed by atoms with E-state index in [9.17, 15) is 4.79 Å². The van der Waals surface area contributed by atoms with Crippen molar-refractivity contribution in [2.75, 3.05) is 33.3 Å². The van der Waals surface area contributed by atoms with Crippen LogP contribution in [0.15, 0.2) is 65.1 Å². The molecule has 0 aliphatic carbocycles. The molecule has 31 heavy (non-hydrogen) atoms. The molecule has 3 aromatic rings. The lowest BCUT2D eigenvalue weighted by atomic mass is 10.2. The van der Waals surface area contributed by atoms with Crippen molar-refractivity contribution in [3.05, 3.63) is 82.8 Å². The molecular weight excluding hydrogens is 416 g/mol. The minimum Gasteiger partial charge on any atom is -0.497 e. The monoisotopic (exact) mass is 440 g/mol. The molecule has 1 aliphatic heterocycles. The number of hydrogen-bond acceptors (Lipinski definition) is 5. The predicted octanol–water partition coefficient (Wildman–Crippen LogP) is 4.48. The second-order valence-electron chi connectivity index (χ2n) is 7.39. The third-order valence-electron chi connectivity index (χ3n) is 5.31. The Labute approximate surface area is 186 Å². The van der Waals surface area contributed by atoms with E-state index in [1.165, 1.54) is 0 Å². The summed E-state index contributed by atoms with van der Waals surface area (Å²) in [6, 6.07) is 18.7. The van der Waals surface area contributed by atoms with Crippen LogP contribution < -0.4 is 9.47 Å². The van der Waals surface area contributed by atoms with E-state index in [2.05, 4.69) is 4.90 Å². The number of carbonyl (C=O) groups excluding carboxylic acids is 1. The van der Waals surface area contributed by atoms with Gasteiger partial charge in [-0.1, -0.05) is 35.9 Å². The second kappa shape index (κ2) is 9.90. The molecular formula is C24H25ClN2O4. The number of halogens is 1. The standard InChI is InChI=1S/C24H25ClN2O4/c1-29-19-6-4-7-20(15-19)30-17-21-9-10-23(31-21)24(28)27-13-11-26(12-14-27)16-18-5-2-3-8-22(18)25/h2-10,15H,11-14,16-17H2,1H3. The molecule has 1 fully saturated rings. The summed E-state index contributed by atoms with van der Waals surface area (Å²) in [6.07, 6.45) is 0. The quantitative estimate of drug-likeness (QED) is 0.542. The van der Waals surface area contributed by atoms with Gasteiger partial charge >= 0.3 is 0 Å². The van der Waals surface area contributed by atoms with Crippen LogP contribution in [0.5, 0.6) is 11.5 Å². The van der Waals surface area contributed by atoms with Gasteiger partial charge in [-0.3, -0.25) is 9.69 Å². The Morgan fingerprint density at radius 2 is 1.77 bits per heavy atom. The highest BCUT2D eigenvalue weighted by Crippen LogP contribution is 2.21. The van der Waals surface area contributed by atoms with Crippen LogP contribution in [0, 0.1) is 0 Å². The van der Waals surface area contributed by atoms with Crippen LogP contribution in [-0.4, -0.2) is 49.0 Å². The Kier molecular flexibility index (Phi) is 6.79. The molecule has 2 aromatic carbocycles. The Morgan fingerprint density at radius 3 is 2.55 bits per heavy atom. The highest BCUT2D eigenvalue weighted by molar-refractivity contribution is 6.31.